The van der Waals surface area contributed by atoms with Gasteiger partial charge < -0.3 is 0 Å². The zero-order valence-electron chi connectivity index (χ0n) is 8.57. The SMILES string of the molecule is CCCn1cc(C(=O)CC2CC2)cn1. The molecule has 0 atom stereocenters. The van der Waals surface area contributed by atoms with Crippen molar-refractivity contribution in [2.24, 2.45) is 5.92 Å². The molecule has 1 aromatic rings. The van der Waals surface area contributed by atoms with E-state index in [1.165, 1.54) is 12.8 Å². The fourth-order valence-electron chi connectivity index (χ4n) is 1.56. The second-order valence-corrected chi connectivity index (χ2v) is 4.06. The van der Waals surface area contributed by atoms with Crippen LogP contribution >= 0.6 is 0 Å². The molecule has 0 unspecified atom stereocenters. The monoisotopic (exact) mass is 192 g/mol. The Bertz CT molecular complexity index is 326. The van der Waals surface area contributed by atoms with Crippen LogP contribution in [0.15, 0.2) is 12.4 Å². The minimum Gasteiger partial charge on any atom is -0.294 e. The van der Waals surface area contributed by atoms with Gasteiger partial charge in [-0.25, -0.2) is 0 Å². The molecule has 0 radical (unpaired) electrons. The van der Waals surface area contributed by atoms with Gasteiger partial charge in [0.05, 0.1) is 11.8 Å². The summed E-state index contributed by atoms with van der Waals surface area (Å²) in [6, 6.07) is 0. The van der Waals surface area contributed by atoms with Crippen molar-refractivity contribution < 1.29 is 4.79 Å². The van der Waals surface area contributed by atoms with E-state index in [0.717, 1.165) is 24.9 Å². The predicted molar refractivity (Wildman–Crippen MR) is 54.2 cm³/mol. The second-order valence-electron chi connectivity index (χ2n) is 4.06. The van der Waals surface area contributed by atoms with E-state index in [1.54, 1.807) is 6.20 Å². The van der Waals surface area contributed by atoms with Gasteiger partial charge in [-0.2, -0.15) is 5.10 Å². The molecule has 1 aliphatic rings. The van der Waals surface area contributed by atoms with Gasteiger partial charge in [0.2, 0.25) is 0 Å². The van der Waals surface area contributed by atoms with Crippen LogP contribution in [0.1, 0.15) is 43.0 Å². The number of rotatable bonds is 5. The van der Waals surface area contributed by atoms with Crippen LogP contribution in [-0.2, 0) is 6.54 Å². The van der Waals surface area contributed by atoms with Crippen LogP contribution in [0.2, 0.25) is 0 Å². The van der Waals surface area contributed by atoms with Crippen molar-refractivity contribution in [1.82, 2.24) is 9.78 Å². The topological polar surface area (TPSA) is 34.9 Å². The summed E-state index contributed by atoms with van der Waals surface area (Å²) in [4.78, 5) is 11.7. The predicted octanol–water partition coefficient (Wildman–Crippen LogP) is 2.28. The van der Waals surface area contributed by atoms with Gasteiger partial charge in [0.1, 0.15) is 0 Å². The Morgan fingerprint density at radius 2 is 2.43 bits per heavy atom. The molecule has 0 saturated heterocycles. The standard InChI is InChI=1S/C11H16N2O/c1-2-5-13-8-10(7-12-13)11(14)6-9-3-4-9/h7-9H,2-6H2,1H3. The highest BCUT2D eigenvalue weighted by atomic mass is 16.1. The summed E-state index contributed by atoms with van der Waals surface area (Å²) >= 11 is 0. The van der Waals surface area contributed by atoms with E-state index in [-0.39, 0.29) is 5.78 Å². The summed E-state index contributed by atoms with van der Waals surface area (Å²) in [6.07, 6.45) is 7.80. The van der Waals surface area contributed by atoms with E-state index in [4.69, 9.17) is 0 Å². The van der Waals surface area contributed by atoms with Crippen molar-refractivity contribution in [3.05, 3.63) is 18.0 Å². The third-order valence-corrected chi connectivity index (χ3v) is 2.58. The Balaban J connectivity index is 1.96. The molecule has 0 aromatic carbocycles. The Hall–Kier alpha value is -1.12. The number of hydrogen-bond acceptors (Lipinski definition) is 2. The van der Waals surface area contributed by atoms with Gasteiger partial charge in [-0.1, -0.05) is 6.92 Å². The van der Waals surface area contributed by atoms with Gasteiger partial charge in [-0.3, -0.25) is 9.48 Å². The molecule has 3 heteroatoms. The van der Waals surface area contributed by atoms with E-state index in [2.05, 4.69) is 12.0 Å². The van der Waals surface area contributed by atoms with E-state index < -0.39 is 0 Å². The van der Waals surface area contributed by atoms with Crippen LogP contribution in [-0.4, -0.2) is 15.6 Å². The highest BCUT2D eigenvalue weighted by Crippen LogP contribution is 2.33. The zero-order valence-corrected chi connectivity index (χ0v) is 8.57. The van der Waals surface area contributed by atoms with Crippen molar-refractivity contribution in [3.63, 3.8) is 0 Å². The molecule has 0 amide bonds. The third kappa shape index (κ3) is 2.22. The molecular weight excluding hydrogens is 176 g/mol. The first-order valence-electron chi connectivity index (χ1n) is 5.35. The summed E-state index contributed by atoms with van der Waals surface area (Å²) in [6.45, 7) is 3.00. The summed E-state index contributed by atoms with van der Waals surface area (Å²) in [5.41, 5.74) is 0.783. The molecule has 2 rings (SSSR count). The van der Waals surface area contributed by atoms with Crippen LogP contribution in [0, 0.1) is 5.92 Å². The average Bonchev–Trinajstić information content (AvgIpc) is 2.83. The van der Waals surface area contributed by atoms with E-state index in [0.29, 0.717) is 5.92 Å². The number of aryl methyl sites for hydroxylation is 1. The molecule has 0 spiro atoms. The van der Waals surface area contributed by atoms with Crippen molar-refractivity contribution in [3.8, 4) is 0 Å². The Morgan fingerprint density at radius 3 is 3.07 bits per heavy atom. The quantitative estimate of drug-likeness (QED) is 0.671. The first kappa shape index (κ1) is 9.44. The number of nitrogens with zero attached hydrogens (tertiary/aromatic N) is 2. The lowest BCUT2D eigenvalue weighted by Crippen LogP contribution is -1.99. The molecule has 1 aromatic heterocycles. The lowest BCUT2D eigenvalue weighted by molar-refractivity contribution is 0.0976. The van der Waals surface area contributed by atoms with Crippen molar-refractivity contribution in [1.29, 1.82) is 0 Å². The molecule has 0 aliphatic heterocycles. The lowest BCUT2D eigenvalue weighted by atomic mass is 10.1. The maximum atomic E-state index is 11.7. The summed E-state index contributed by atoms with van der Waals surface area (Å²) in [5, 5.41) is 4.15. The van der Waals surface area contributed by atoms with Gasteiger partial charge in [0, 0.05) is 19.2 Å². The molecular formula is C11H16N2O. The van der Waals surface area contributed by atoms with Crippen LogP contribution in [0.3, 0.4) is 0 Å². The first-order chi connectivity index (χ1) is 6.79. The molecule has 0 bridgehead atoms. The van der Waals surface area contributed by atoms with Crippen molar-refractivity contribution >= 4 is 5.78 Å². The average molecular weight is 192 g/mol. The lowest BCUT2D eigenvalue weighted by Gasteiger charge is -1.95. The number of ketones is 1. The molecule has 3 nitrogen and oxygen atoms in total. The number of Topliss-reactive ketones (excluding diaryl/α,β-unsaturated/α-hetero) is 1. The van der Waals surface area contributed by atoms with E-state index in [9.17, 15) is 4.79 Å². The minimum atomic E-state index is 0.259. The van der Waals surface area contributed by atoms with Gasteiger partial charge in [0.15, 0.2) is 5.78 Å². The van der Waals surface area contributed by atoms with E-state index in [1.807, 2.05) is 10.9 Å². The summed E-state index contributed by atoms with van der Waals surface area (Å²) in [7, 11) is 0. The number of aromatic nitrogens is 2. The maximum absolute atomic E-state index is 11.7. The molecule has 14 heavy (non-hydrogen) atoms. The smallest absolute Gasteiger partial charge is 0.166 e. The second kappa shape index (κ2) is 3.95. The number of carbonyl (C=O) groups excluding carboxylic acids is 1. The van der Waals surface area contributed by atoms with Crippen molar-refractivity contribution in [2.45, 2.75) is 39.2 Å². The van der Waals surface area contributed by atoms with Crippen LogP contribution in [0.4, 0.5) is 0 Å². The highest BCUT2D eigenvalue weighted by molar-refractivity contribution is 5.95. The fraction of sp³-hybridized carbons (Fsp3) is 0.636. The van der Waals surface area contributed by atoms with Gasteiger partial charge in [-0.15, -0.1) is 0 Å². The maximum Gasteiger partial charge on any atom is 0.166 e. The number of hydrogen-bond donors (Lipinski definition) is 0. The third-order valence-electron chi connectivity index (χ3n) is 2.58. The zero-order chi connectivity index (χ0) is 9.97. The van der Waals surface area contributed by atoms with Crippen LogP contribution in [0.25, 0.3) is 0 Å². The van der Waals surface area contributed by atoms with Crippen LogP contribution in [0.5, 0.6) is 0 Å². The summed E-state index contributed by atoms with van der Waals surface area (Å²) in [5.74, 6) is 0.923. The highest BCUT2D eigenvalue weighted by Gasteiger charge is 2.25. The van der Waals surface area contributed by atoms with Gasteiger partial charge in [-0.05, 0) is 25.2 Å². The largest absolute Gasteiger partial charge is 0.294 e. The molecule has 1 saturated carbocycles. The molecule has 1 fully saturated rings. The number of carbonyl (C=O) groups is 1. The summed E-state index contributed by atoms with van der Waals surface area (Å²) < 4.78 is 1.85. The molecule has 76 valence electrons. The molecule has 1 aliphatic carbocycles. The van der Waals surface area contributed by atoms with Crippen LogP contribution < -0.4 is 0 Å². The normalized spacial score (nSPS) is 15.8. The Kier molecular flexibility index (Phi) is 2.66. The van der Waals surface area contributed by atoms with Gasteiger partial charge >= 0.3 is 0 Å². The minimum absolute atomic E-state index is 0.259. The Morgan fingerprint density at radius 1 is 1.64 bits per heavy atom. The van der Waals surface area contributed by atoms with Crippen molar-refractivity contribution in [2.75, 3.05) is 0 Å². The molecule has 0 N–H and O–H groups in total. The van der Waals surface area contributed by atoms with E-state index >= 15 is 0 Å². The Labute approximate surface area is 84.1 Å². The fourth-order valence-corrected chi connectivity index (χ4v) is 1.56. The molecule has 1 heterocycles. The van der Waals surface area contributed by atoms with Gasteiger partial charge in [0.25, 0.3) is 0 Å². The first-order valence-corrected chi connectivity index (χ1v) is 5.35.